The van der Waals surface area contributed by atoms with E-state index in [2.05, 4.69) is 26.2 Å². The molecule has 3 aromatic rings. The van der Waals surface area contributed by atoms with Crippen LogP contribution in [0.15, 0.2) is 46.6 Å². The molecule has 0 spiro atoms. The number of rotatable bonds is 19. The van der Waals surface area contributed by atoms with Crippen molar-refractivity contribution in [2.45, 2.75) is 13.8 Å². The number of thiazole rings is 1. The summed E-state index contributed by atoms with van der Waals surface area (Å²) in [6.45, 7) is 8.95. The van der Waals surface area contributed by atoms with Crippen molar-refractivity contribution in [3.63, 3.8) is 0 Å². The summed E-state index contributed by atoms with van der Waals surface area (Å²) in [6, 6.07) is 12.2. The van der Waals surface area contributed by atoms with Crippen LogP contribution in [0.3, 0.4) is 0 Å². The number of nitrogens with zero attached hydrogens (tertiary/aromatic N) is 4. The fourth-order valence-corrected chi connectivity index (χ4v) is 4.52. The molecule has 208 valence electrons. The van der Waals surface area contributed by atoms with Gasteiger partial charge < -0.3 is 34.1 Å². The topological polar surface area (TPSA) is 118 Å². The maximum atomic E-state index is 8.79. The van der Waals surface area contributed by atoms with Crippen molar-refractivity contribution < 1.29 is 29.2 Å². The number of ether oxygens (including phenoxy) is 4. The molecule has 0 aliphatic rings. The second-order valence-corrected chi connectivity index (χ2v) is 9.48. The Balaban J connectivity index is 1.59. The highest BCUT2D eigenvalue weighted by molar-refractivity contribution is 7.21. The second kappa shape index (κ2) is 17.2. The van der Waals surface area contributed by atoms with Gasteiger partial charge in [0.1, 0.15) is 0 Å². The van der Waals surface area contributed by atoms with Gasteiger partial charge in [-0.15, -0.1) is 10.2 Å². The van der Waals surface area contributed by atoms with Crippen LogP contribution in [-0.2, 0) is 18.9 Å². The van der Waals surface area contributed by atoms with Crippen LogP contribution in [0.5, 0.6) is 0 Å². The van der Waals surface area contributed by atoms with Gasteiger partial charge >= 0.3 is 0 Å². The molecule has 0 radical (unpaired) electrons. The van der Waals surface area contributed by atoms with Crippen molar-refractivity contribution in [3.05, 3.63) is 47.5 Å². The van der Waals surface area contributed by atoms with Gasteiger partial charge in [-0.1, -0.05) is 23.5 Å². The highest BCUT2D eigenvalue weighted by atomic mass is 32.1. The third-order valence-corrected chi connectivity index (χ3v) is 6.53. The molecule has 2 N–H and O–H groups in total. The summed E-state index contributed by atoms with van der Waals surface area (Å²) >= 11 is 1.53. The Morgan fingerprint density at radius 3 is 1.97 bits per heavy atom. The van der Waals surface area contributed by atoms with E-state index in [0.29, 0.717) is 71.1 Å². The molecular weight excluding hydrogens is 508 g/mol. The number of aromatic nitrogens is 1. The predicted molar refractivity (Wildman–Crippen MR) is 149 cm³/mol. The van der Waals surface area contributed by atoms with E-state index in [1.807, 2.05) is 44.2 Å². The van der Waals surface area contributed by atoms with Crippen molar-refractivity contribution in [2.24, 2.45) is 10.2 Å². The molecule has 0 atom stereocenters. The lowest BCUT2D eigenvalue weighted by Crippen LogP contribution is -2.31. The first-order valence-electron chi connectivity index (χ1n) is 12.8. The zero-order valence-electron chi connectivity index (χ0n) is 22.2. The van der Waals surface area contributed by atoms with Gasteiger partial charge in [0.25, 0.3) is 0 Å². The smallest absolute Gasteiger partial charge is 0.231 e. The van der Waals surface area contributed by atoms with Crippen molar-refractivity contribution in [1.82, 2.24) is 4.98 Å². The SMILES string of the molecule is Cc1cc(N(CCOCCOCCO)CCOCCOCCO)ccc1/N=N/c1nc2c(C)cccc2s1. The summed E-state index contributed by atoms with van der Waals surface area (Å²) in [4.78, 5) is 6.81. The lowest BCUT2D eigenvalue weighted by molar-refractivity contribution is 0.0316. The third kappa shape index (κ3) is 9.99. The maximum Gasteiger partial charge on any atom is 0.231 e. The molecule has 0 saturated carbocycles. The van der Waals surface area contributed by atoms with Crippen molar-refractivity contribution in [3.8, 4) is 0 Å². The number of para-hydroxylation sites is 1. The molecule has 0 aliphatic heterocycles. The molecule has 1 heterocycles. The molecule has 3 rings (SSSR count). The van der Waals surface area contributed by atoms with E-state index in [9.17, 15) is 0 Å². The van der Waals surface area contributed by atoms with Gasteiger partial charge in [0.15, 0.2) is 0 Å². The first-order chi connectivity index (χ1) is 18.6. The molecule has 38 heavy (non-hydrogen) atoms. The Bertz CT molecular complexity index is 1110. The standard InChI is InChI=1S/C27H38N4O6S/c1-21-4-3-5-25-26(21)28-27(38-25)30-29-24-7-6-23(20-22(24)2)31(8-12-34-16-18-36-14-10-32)9-13-35-17-19-37-15-11-33/h3-7,20,32-33H,8-19H2,1-2H3/b30-29+. The third-order valence-electron chi connectivity index (χ3n) is 5.62. The van der Waals surface area contributed by atoms with Crippen LogP contribution in [0.25, 0.3) is 10.2 Å². The summed E-state index contributed by atoms with van der Waals surface area (Å²) in [6.07, 6.45) is 0. The van der Waals surface area contributed by atoms with Crippen LogP contribution in [-0.4, -0.2) is 94.4 Å². The molecule has 11 heteroatoms. The summed E-state index contributed by atoms with van der Waals surface area (Å²) in [7, 11) is 0. The van der Waals surface area contributed by atoms with E-state index < -0.39 is 0 Å². The average Bonchev–Trinajstić information content (AvgIpc) is 3.35. The van der Waals surface area contributed by atoms with Crippen LogP contribution in [0.1, 0.15) is 11.1 Å². The quantitative estimate of drug-likeness (QED) is 0.170. The van der Waals surface area contributed by atoms with E-state index in [-0.39, 0.29) is 13.2 Å². The van der Waals surface area contributed by atoms with Gasteiger partial charge in [0.2, 0.25) is 5.13 Å². The lowest BCUT2D eigenvalue weighted by atomic mass is 10.1. The van der Waals surface area contributed by atoms with Gasteiger partial charge in [0.05, 0.1) is 82.0 Å². The first kappa shape index (κ1) is 30.0. The fraction of sp³-hybridized carbons (Fsp3) is 0.519. The molecular formula is C27H38N4O6S. The maximum absolute atomic E-state index is 8.79. The Morgan fingerprint density at radius 1 is 0.763 bits per heavy atom. The summed E-state index contributed by atoms with van der Waals surface area (Å²) in [5.74, 6) is 0. The molecule has 2 aromatic carbocycles. The van der Waals surface area contributed by atoms with E-state index in [4.69, 9.17) is 29.2 Å². The molecule has 0 saturated heterocycles. The van der Waals surface area contributed by atoms with Gasteiger partial charge in [-0.3, -0.25) is 0 Å². The van der Waals surface area contributed by atoms with E-state index in [1.54, 1.807) is 0 Å². The summed E-state index contributed by atoms with van der Waals surface area (Å²) in [5, 5.41) is 27.1. The van der Waals surface area contributed by atoms with Crippen molar-refractivity contribution in [2.75, 3.05) is 84.1 Å². The van der Waals surface area contributed by atoms with E-state index in [0.717, 1.165) is 32.7 Å². The van der Waals surface area contributed by atoms with Crippen molar-refractivity contribution >= 4 is 38.1 Å². The van der Waals surface area contributed by atoms with Crippen LogP contribution in [0, 0.1) is 13.8 Å². The van der Waals surface area contributed by atoms with Crippen LogP contribution in [0.2, 0.25) is 0 Å². The predicted octanol–water partition coefficient (Wildman–Crippen LogP) is 4.19. The Kier molecular flexibility index (Phi) is 13.6. The molecule has 0 unspecified atom stereocenters. The van der Waals surface area contributed by atoms with Gasteiger partial charge in [-0.25, -0.2) is 4.98 Å². The number of aryl methyl sites for hydroxylation is 2. The number of hydrogen-bond donors (Lipinski definition) is 2. The number of fused-ring (bicyclic) bond motifs is 1. The number of aliphatic hydroxyl groups excluding tert-OH is 2. The number of azo groups is 1. The van der Waals surface area contributed by atoms with Gasteiger partial charge in [-0.2, -0.15) is 0 Å². The molecule has 10 nitrogen and oxygen atoms in total. The Morgan fingerprint density at radius 2 is 1.39 bits per heavy atom. The monoisotopic (exact) mass is 546 g/mol. The largest absolute Gasteiger partial charge is 0.394 e. The van der Waals surface area contributed by atoms with Gasteiger partial charge in [0, 0.05) is 18.8 Å². The van der Waals surface area contributed by atoms with E-state index in [1.165, 1.54) is 11.3 Å². The highest BCUT2D eigenvalue weighted by Crippen LogP contribution is 2.32. The average molecular weight is 547 g/mol. The zero-order chi connectivity index (χ0) is 27.0. The second-order valence-electron chi connectivity index (χ2n) is 8.47. The Hall–Kier alpha value is -2.51. The minimum Gasteiger partial charge on any atom is -0.394 e. The number of aliphatic hydroxyl groups is 2. The molecule has 0 bridgehead atoms. The lowest BCUT2D eigenvalue weighted by Gasteiger charge is -2.25. The molecule has 0 amide bonds. The van der Waals surface area contributed by atoms with E-state index >= 15 is 0 Å². The van der Waals surface area contributed by atoms with Crippen LogP contribution in [0.4, 0.5) is 16.5 Å². The summed E-state index contributed by atoms with van der Waals surface area (Å²) in [5.41, 5.74) is 4.93. The van der Waals surface area contributed by atoms with Crippen LogP contribution < -0.4 is 4.90 Å². The van der Waals surface area contributed by atoms with Crippen molar-refractivity contribution in [1.29, 1.82) is 0 Å². The molecule has 0 fully saturated rings. The summed E-state index contributed by atoms with van der Waals surface area (Å²) < 4.78 is 23.0. The number of hydrogen-bond acceptors (Lipinski definition) is 11. The number of anilines is 1. The normalized spacial score (nSPS) is 11.7. The Labute approximate surface area is 227 Å². The highest BCUT2D eigenvalue weighted by Gasteiger charge is 2.10. The van der Waals surface area contributed by atoms with Crippen LogP contribution >= 0.6 is 11.3 Å². The minimum absolute atomic E-state index is 0.00794. The zero-order valence-corrected chi connectivity index (χ0v) is 23.0. The minimum atomic E-state index is 0.00794. The fourth-order valence-electron chi connectivity index (χ4n) is 3.65. The first-order valence-corrected chi connectivity index (χ1v) is 13.6. The number of benzene rings is 2. The molecule has 0 aliphatic carbocycles. The van der Waals surface area contributed by atoms with Gasteiger partial charge in [-0.05, 0) is 49.2 Å². The molecule has 1 aromatic heterocycles.